The molecule has 5 heteroatoms. The summed E-state index contributed by atoms with van der Waals surface area (Å²) in [5.41, 5.74) is 0.345. The highest BCUT2D eigenvalue weighted by atomic mass is 35.5. The fourth-order valence-corrected chi connectivity index (χ4v) is 2.28. The number of halogens is 1. The van der Waals surface area contributed by atoms with Crippen LogP contribution in [0.5, 0.6) is 0 Å². The highest BCUT2D eigenvalue weighted by Gasteiger charge is 2.10. The van der Waals surface area contributed by atoms with Crippen molar-refractivity contribution in [3.63, 3.8) is 0 Å². The molecule has 0 amide bonds. The number of unbranched alkanes of at least 4 members (excludes halogenated alkanes) is 3. The van der Waals surface area contributed by atoms with Gasteiger partial charge in [-0.15, -0.1) is 0 Å². The number of aryl methyl sites for hydroxylation is 1. The third-order valence-corrected chi connectivity index (χ3v) is 3.42. The van der Waals surface area contributed by atoms with Gasteiger partial charge in [0.1, 0.15) is 16.8 Å². The number of carbonyl (C=O) groups excluding carboxylic acids is 1. The van der Waals surface area contributed by atoms with Crippen molar-refractivity contribution in [2.24, 2.45) is 5.92 Å². The minimum atomic E-state index is 0.215. The molecule has 0 aliphatic heterocycles. The van der Waals surface area contributed by atoms with E-state index in [-0.39, 0.29) is 5.15 Å². The van der Waals surface area contributed by atoms with E-state index in [1.807, 2.05) is 0 Å². The number of aldehydes is 1. The topological polar surface area (TPSA) is 54.9 Å². The Morgan fingerprint density at radius 3 is 2.55 bits per heavy atom. The van der Waals surface area contributed by atoms with Gasteiger partial charge in [0.05, 0.1) is 5.56 Å². The van der Waals surface area contributed by atoms with Crippen LogP contribution >= 0.6 is 11.6 Å². The van der Waals surface area contributed by atoms with Crippen LogP contribution in [-0.4, -0.2) is 22.8 Å². The van der Waals surface area contributed by atoms with Crippen LogP contribution in [-0.2, 0) is 0 Å². The summed E-state index contributed by atoms with van der Waals surface area (Å²) in [4.78, 5) is 19.2. The summed E-state index contributed by atoms with van der Waals surface area (Å²) < 4.78 is 0. The number of hydrogen-bond donors (Lipinski definition) is 1. The number of anilines is 1. The van der Waals surface area contributed by atoms with Crippen molar-refractivity contribution < 1.29 is 4.79 Å². The lowest BCUT2D eigenvalue weighted by Crippen LogP contribution is -2.08. The number of rotatable bonds is 9. The van der Waals surface area contributed by atoms with Crippen molar-refractivity contribution in [3.05, 3.63) is 16.5 Å². The molecule has 0 bridgehead atoms. The van der Waals surface area contributed by atoms with Gasteiger partial charge in [-0.1, -0.05) is 51.1 Å². The number of hydrogen-bond acceptors (Lipinski definition) is 4. The SMILES string of the molecule is Cc1nc(Cl)c(C=O)c(NCCCCCCC(C)C)n1. The lowest BCUT2D eigenvalue weighted by atomic mass is 10.0. The number of nitrogens with one attached hydrogen (secondary N) is 1. The minimum Gasteiger partial charge on any atom is -0.369 e. The molecule has 0 aromatic carbocycles. The van der Waals surface area contributed by atoms with Crippen LogP contribution in [0.4, 0.5) is 5.82 Å². The van der Waals surface area contributed by atoms with Crippen molar-refractivity contribution >= 4 is 23.7 Å². The fourth-order valence-electron chi connectivity index (χ4n) is 2.02. The first kappa shape index (κ1) is 16.9. The van der Waals surface area contributed by atoms with E-state index in [9.17, 15) is 4.79 Å². The van der Waals surface area contributed by atoms with E-state index < -0.39 is 0 Å². The number of nitrogens with zero attached hydrogens (tertiary/aromatic N) is 2. The van der Waals surface area contributed by atoms with Gasteiger partial charge >= 0.3 is 0 Å². The Morgan fingerprint density at radius 1 is 1.20 bits per heavy atom. The number of carbonyl (C=O) groups is 1. The second-order valence-electron chi connectivity index (χ2n) is 5.47. The molecular weight excluding hydrogens is 274 g/mol. The van der Waals surface area contributed by atoms with Crippen LogP contribution < -0.4 is 5.32 Å². The first-order valence-corrected chi connectivity index (χ1v) is 7.65. The first-order valence-electron chi connectivity index (χ1n) is 7.27. The molecule has 0 aliphatic carbocycles. The average molecular weight is 298 g/mol. The molecule has 4 nitrogen and oxygen atoms in total. The third-order valence-electron chi connectivity index (χ3n) is 3.13. The smallest absolute Gasteiger partial charge is 0.156 e. The second kappa shape index (κ2) is 8.90. The summed E-state index contributed by atoms with van der Waals surface area (Å²) in [6, 6.07) is 0. The summed E-state index contributed by atoms with van der Waals surface area (Å²) >= 11 is 5.92. The molecule has 0 saturated heterocycles. The molecule has 0 saturated carbocycles. The normalized spacial score (nSPS) is 10.8. The summed E-state index contributed by atoms with van der Waals surface area (Å²) in [5.74, 6) is 1.90. The minimum absolute atomic E-state index is 0.215. The van der Waals surface area contributed by atoms with Crippen molar-refractivity contribution in [2.45, 2.75) is 52.9 Å². The monoisotopic (exact) mass is 297 g/mol. The van der Waals surface area contributed by atoms with Crippen LogP contribution in [0.1, 0.15) is 62.1 Å². The molecule has 0 atom stereocenters. The van der Waals surface area contributed by atoms with Gasteiger partial charge in [0, 0.05) is 6.54 Å². The van der Waals surface area contributed by atoms with E-state index in [0.717, 1.165) is 18.9 Å². The fraction of sp³-hybridized carbons (Fsp3) is 0.667. The maximum absolute atomic E-state index is 11.0. The van der Waals surface area contributed by atoms with Crippen molar-refractivity contribution in [1.29, 1.82) is 0 Å². The van der Waals surface area contributed by atoms with Crippen LogP contribution in [0.2, 0.25) is 5.15 Å². The van der Waals surface area contributed by atoms with Gasteiger partial charge in [-0.25, -0.2) is 9.97 Å². The van der Waals surface area contributed by atoms with E-state index in [0.29, 0.717) is 23.5 Å². The Bertz CT molecular complexity index is 435. The quantitative estimate of drug-likeness (QED) is 0.420. The highest BCUT2D eigenvalue weighted by Crippen LogP contribution is 2.19. The van der Waals surface area contributed by atoms with Crippen LogP contribution in [0, 0.1) is 12.8 Å². The maximum atomic E-state index is 11.0. The molecule has 20 heavy (non-hydrogen) atoms. The molecule has 1 aromatic rings. The van der Waals surface area contributed by atoms with Crippen molar-refractivity contribution in [1.82, 2.24) is 9.97 Å². The zero-order valence-corrected chi connectivity index (χ0v) is 13.3. The number of aromatic nitrogens is 2. The Kier molecular flexibility index (Phi) is 7.52. The van der Waals surface area contributed by atoms with E-state index in [4.69, 9.17) is 11.6 Å². The second-order valence-corrected chi connectivity index (χ2v) is 5.82. The van der Waals surface area contributed by atoms with E-state index in [1.54, 1.807) is 6.92 Å². The molecule has 0 radical (unpaired) electrons. The molecule has 0 aliphatic rings. The Labute approximate surface area is 126 Å². The average Bonchev–Trinajstić information content (AvgIpc) is 2.36. The van der Waals surface area contributed by atoms with Crippen LogP contribution in [0.15, 0.2) is 0 Å². The summed E-state index contributed by atoms with van der Waals surface area (Å²) in [7, 11) is 0. The lowest BCUT2D eigenvalue weighted by Gasteiger charge is -2.09. The van der Waals surface area contributed by atoms with E-state index >= 15 is 0 Å². The summed E-state index contributed by atoms with van der Waals surface area (Å²) in [6.07, 6.45) is 6.79. The van der Waals surface area contributed by atoms with Gasteiger partial charge in [-0.3, -0.25) is 4.79 Å². The molecule has 1 heterocycles. The molecule has 112 valence electrons. The maximum Gasteiger partial charge on any atom is 0.156 e. The van der Waals surface area contributed by atoms with E-state index in [1.165, 1.54) is 25.7 Å². The Morgan fingerprint density at radius 2 is 1.90 bits per heavy atom. The zero-order valence-electron chi connectivity index (χ0n) is 12.6. The summed E-state index contributed by atoms with van der Waals surface area (Å²) in [6.45, 7) is 7.07. The van der Waals surface area contributed by atoms with Crippen LogP contribution in [0.25, 0.3) is 0 Å². The van der Waals surface area contributed by atoms with Crippen molar-refractivity contribution in [2.75, 3.05) is 11.9 Å². The van der Waals surface area contributed by atoms with Gasteiger partial charge in [0.25, 0.3) is 0 Å². The van der Waals surface area contributed by atoms with Gasteiger partial charge in [-0.2, -0.15) is 0 Å². The van der Waals surface area contributed by atoms with Gasteiger partial charge in [0.2, 0.25) is 0 Å². The highest BCUT2D eigenvalue weighted by molar-refractivity contribution is 6.32. The summed E-state index contributed by atoms with van der Waals surface area (Å²) in [5, 5.41) is 3.39. The Hall–Kier alpha value is -1.16. The molecule has 0 unspecified atom stereocenters. The first-order chi connectivity index (χ1) is 9.54. The molecule has 0 spiro atoms. The van der Waals surface area contributed by atoms with Gasteiger partial charge < -0.3 is 5.32 Å². The standard InChI is InChI=1S/C15H24ClN3O/c1-11(2)8-6-4-5-7-9-17-15-13(10-20)14(16)18-12(3)19-15/h10-11H,4-9H2,1-3H3,(H,17,18,19). The molecule has 1 aromatic heterocycles. The largest absolute Gasteiger partial charge is 0.369 e. The van der Waals surface area contributed by atoms with Gasteiger partial charge in [-0.05, 0) is 19.3 Å². The molecule has 0 fully saturated rings. The van der Waals surface area contributed by atoms with E-state index in [2.05, 4.69) is 29.1 Å². The third kappa shape index (κ3) is 5.87. The van der Waals surface area contributed by atoms with Crippen molar-refractivity contribution in [3.8, 4) is 0 Å². The molecule has 1 rings (SSSR count). The van der Waals surface area contributed by atoms with Gasteiger partial charge in [0.15, 0.2) is 6.29 Å². The van der Waals surface area contributed by atoms with Crippen LogP contribution in [0.3, 0.4) is 0 Å². The zero-order chi connectivity index (χ0) is 15.0. The molecular formula is C15H24ClN3O. The predicted molar refractivity (Wildman–Crippen MR) is 83.6 cm³/mol. The lowest BCUT2D eigenvalue weighted by molar-refractivity contribution is 0.112. The Balaban J connectivity index is 2.33. The molecule has 1 N–H and O–H groups in total. The predicted octanol–water partition coefficient (Wildman–Crippen LogP) is 4.27.